The van der Waals surface area contributed by atoms with Crippen molar-refractivity contribution >= 4 is 40.4 Å². The van der Waals surface area contributed by atoms with Crippen molar-refractivity contribution in [2.24, 2.45) is 11.8 Å². The van der Waals surface area contributed by atoms with Gasteiger partial charge in [0.1, 0.15) is 0 Å². The maximum Gasteiger partial charge on any atom is 0.234 e. The van der Waals surface area contributed by atoms with E-state index >= 15 is 0 Å². The Morgan fingerprint density at radius 3 is 2.65 bits per heavy atom. The summed E-state index contributed by atoms with van der Waals surface area (Å²) in [6.45, 7) is 1.54. The number of thioether (sulfide) groups is 1. The molecule has 6 nitrogen and oxygen atoms in total. The summed E-state index contributed by atoms with van der Waals surface area (Å²) in [5, 5.41) is 0.985. The Hall–Kier alpha value is -2.12. The van der Waals surface area contributed by atoms with Gasteiger partial charge in [-0.05, 0) is 11.6 Å². The lowest BCUT2D eigenvalue weighted by Gasteiger charge is -2.26. The van der Waals surface area contributed by atoms with E-state index in [2.05, 4.69) is 4.90 Å². The van der Waals surface area contributed by atoms with Gasteiger partial charge in [-0.15, -0.1) is 11.8 Å². The second-order valence-corrected chi connectivity index (χ2v) is 8.30. The van der Waals surface area contributed by atoms with Crippen molar-refractivity contribution in [2.75, 3.05) is 18.7 Å². The van der Waals surface area contributed by atoms with Crippen LogP contribution in [-0.2, 0) is 9.59 Å². The van der Waals surface area contributed by atoms with Crippen LogP contribution in [0.4, 0.5) is 0 Å². The van der Waals surface area contributed by atoms with Crippen LogP contribution in [0.3, 0.4) is 0 Å². The maximum atomic E-state index is 12.9. The molecule has 0 aliphatic carbocycles. The van der Waals surface area contributed by atoms with E-state index in [1.54, 1.807) is 30.3 Å². The Morgan fingerprint density at radius 1 is 1.15 bits per heavy atom. The molecule has 0 saturated carbocycles. The smallest absolute Gasteiger partial charge is 0.234 e. The van der Waals surface area contributed by atoms with Gasteiger partial charge in [0.05, 0.1) is 23.4 Å². The van der Waals surface area contributed by atoms with E-state index in [1.807, 2.05) is 30.5 Å². The molecular formula is C19H19N3O3S. The van der Waals surface area contributed by atoms with Crippen molar-refractivity contribution in [1.82, 2.24) is 14.4 Å². The fraction of sp³-hybridized carbons (Fsp3) is 0.421. The molecule has 7 heteroatoms. The van der Waals surface area contributed by atoms with Gasteiger partial charge in [-0.3, -0.25) is 28.8 Å². The van der Waals surface area contributed by atoms with Gasteiger partial charge < -0.3 is 0 Å². The van der Waals surface area contributed by atoms with Gasteiger partial charge >= 0.3 is 0 Å². The van der Waals surface area contributed by atoms with E-state index in [-0.39, 0.29) is 41.6 Å². The third kappa shape index (κ3) is 1.90. The molecule has 0 spiro atoms. The van der Waals surface area contributed by atoms with E-state index in [9.17, 15) is 14.4 Å². The Kier molecular flexibility index (Phi) is 3.36. The molecule has 4 heterocycles. The molecule has 1 aromatic heterocycles. The van der Waals surface area contributed by atoms with Gasteiger partial charge in [0, 0.05) is 43.2 Å². The maximum absolute atomic E-state index is 12.9. The number of hydrogen-bond donors (Lipinski definition) is 0. The molecule has 0 bridgehead atoms. The number of para-hydroxylation sites is 1. The number of aromatic nitrogens is 1. The number of imide groups is 1. The number of hydrogen-bond acceptors (Lipinski definition) is 5. The summed E-state index contributed by atoms with van der Waals surface area (Å²) in [6, 6.07) is 7.72. The molecule has 3 aliphatic heterocycles. The molecule has 26 heavy (non-hydrogen) atoms. The fourth-order valence-corrected chi connectivity index (χ4v) is 6.25. The zero-order chi connectivity index (χ0) is 18.2. The van der Waals surface area contributed by atoms with Crippen molar-refractivity contribution < 1.29 is 14.4 Å². The molecule has 0 radical (unpaired) electrons. The summed E-state index contributed by atoms with van der Waals surface area (Å²) in [6.07, 6.45) is 1.87. The zero-order valence-corrected chi connectivity index (χ0v) is 15.4. The Morgan fingerprint density at radius 2 is 1.88 bits per heavy atom. The van der Waals surface area contributed by atoms with Crippen LogP contribution < -0.4 is 0 Å². The number of rotatable bonds is 1. The lowest BCUT2D eigenvalue weighted by molar-refractivity contribution is -0.139. The molecule has 2 amide bonds. The van der Waals surface area contributed by atoms with E-state index in [0.717, 1.165) is 28.1 Å². The highest BCUT2D eigenvalue weighted by Gasteiger charge is 2.62. The van der Waals surface area contributed by atoms with Gasteiger partial charge in [0.15, 0.2) is 0 Å². The Labute approximate surface area is 155 Å². The topological polar surface area (TPSA) is 62.6 Å². The molecule has 134 valence electrons. The van der Waals surface area contributed by atoms with Gasteiger partial charge in [0.2, 0.25) is 17.7 Å². The number of fused-ring (bicyclic) bond motifs is 4. The SMILES string of the molecule is CC(=O)n1cc([C@@H]2[C@@H]3C(=O)N(C)C(=O)[C@@H]3[C@@H]3CSCN23)c2ccccc21. The first-order chi connectivity index (χ1) is 12.5. The number of amides is 2. The standard InChI is InChI=1S/C19H19N3O3S/c1-10(23)21-7-12(11-5-3-4-6-13(11)21)17-16-15(14-8-26-9-22(14)17)18(24)20(2)19(16)25/h3-7,14-17H,8-9H2,1-2H3/t14-,15+,16+,17+/m0/s1. The number of benzene rings is 1. The minimum Gasteiger partial charge on any atom is -0.287 e. The van der Waals surface area contributed by atoms with Crippen LogP contribution in [0.15, 0.2) is 30.5 Å². The largest absolute Gasteiger partial charge is 0.287 e. The summed E-state index contributed by atoms with van der Waals surface area (Å²) in [5.41, 5.74) is 1.83. The predicted octanol–water partition coefficient (Wildman–Crippen LogP) is 1.96. The van der Waals surface area contributed by atoms with Crippen LogP contribution in [0.2, 0.25) is 0 Å². The van der Waals surface area contributed by atoms with Crippen LogP contribution in [-0.4, -0.2) is 56.8 Å². The number of carbonyl (C=O) groups is 3. The summed E-state index contributed by atoms with van der Waals surface area (Å²) in [7, 11) is 1.59. The van der Waals surface area contributed by atoms with Crippen LogP contribution in [0, 0.1) is 11.8 Å². The van der Waals surface area contributed by atoms with Crippen molar-refractivity contribution in [1.29, 1.82) is 0 Å². The van der Waals surface area contributed by atoms with Crippen molar-refractivity contribution in [3.05, 3.63) is 36.0 Å². The number of nitrogens with zero attached hydrogens (tertiary/aromatic N) is 3. The molecule has 4 atom stereocenters. The van der Waals surface area contributed by atoms with Crippen molar-refractivity contribution in [3.63, 3.8) is 0 Å². The summed E-state index contributed by atoms with van der Waals surface area (Å²) in [4.78, 5) is 41.3. The lowest BCUT2D eigenvalue weighted by Crippen LogP contribution is -2.38. The molecule has 3 saturated heterocycles. The summed E-state index contributed by atoms with van der Waals surface area (Å²) >= 11 is 1.81. The van der Waals surface area contributed by atoms with Gasteiger partial charge in [-0.25, -0.2) is 0 Å². The minimum absolute atomic E-state index is 0.0553. The van der Waals surface area contributed by atoms with E-state index in [0.29, 0.717) is 0 Å². The van der Waals surface area contributed by atoms with Crippen molar-refractivity contribution in [3.8, 4) is 0 Å². The normalized spacial score (nSPS) is 31.1. The molecule has 3 aliphatic rings. The summed E-state index contributed by atoms with van der Waals surface area (Å²) < 4.78 is 1.65. The van der Waals surface area contributed by atoms with E-state index < -0.39 is 0 Å². The highest BCUT2D eigenvalue weighted by molar-refractivity contribution is 7.99. The van der Waals surface area contributed by atoms with Gasteiger partial charge in [-0.1, -0.05) is 18.2 Å². The first kappa shape index (κ1) is 16.1. The predicted molar refractivity (Wildman–Crippen MR) is 98.7 cm³/mol. The number of carbonyl (C=O) groups excluding carboxylic acids is 3. The molecular weight excluding hydrogens is 350 g/mol. The highest BCUT2D eigenvalue weighted by atomic mass is 32.2. The first-order valence-corrected chi connectivity index (χ1v) is 9.92. The molecule has 5 rings (SSSR count). The second-order valence-electron chi connectivity index (χ2n) is 7.30. The Balaban J connectivity index is 1.72. The monoisotopic (exact) mass is 369 g/mol. The highest BCUT2D eigenvalue weighted by Crippen LogP contribution is 2.54. The first-order valence-electron chi connectivity index (χ1n) is 8.76. The van der Waals surface area contributed by atoms with Gasteiger partial charge in [-0.2, -0.15) is 0 Å². The van der Waals surface area contributed by atoms with Gasteiger partial charge in [0.25, 0.3) is 0 Å². The van der Waals surface area contributed by atoms with Crippen LogP contribution in [0.5, 0.6) is 0 Å². The Bertz CT molecular complexity index is 968. The average molecular weight is 369 g/mol. The molecule has 1 aromatic carbocycles. The third-order valence-corrected chi connectivity index (χ3v) is 7.14. The molecule has 2 aromatic rings. The van der Waals surface area contributed by atoms with Crippen LogP contribution >= 0.6 is 11.8 Å². The average Bonchev–Trinajstić information content (AvgIpc) is 3.34. The quantitative estimate of drug-likeness (QED) is 0.719. The molecule has 0 N–H and O–H groups in total. The lowest BCUT2D eigenvalue weighted by atomic mass is 9.86. The third-order valence-electron chi connectivity index (χ3n) is 6.09. The minimum atomic E-state index is -0.357. The summed E-state index contributed by atoms with van der Waals surface area (Å²) in [5.74, 6) is 0.846. The molecule has 3 fully saturated rings. The van der Waals surface area contributed by atoms with Crippen LogP contribution in [0.25, 0.3) is 10.9 Å². The van der Waals surface area contributed by atoms with Crippen molar-refractivity contribution in [2.45, 2.75) is 19.0 Å². The fourth-order valence-electron chi connectivity index (χ4n) is 4.95. The molecule has 0 unspecified atom stereocenters. The number of likely N-dealkylation sites (tertiary alicyclic amines) is 1. The van der Waals surface area contributed by atoms with Crippen LogP contribution in [0.1, 0.15) is 23.3 Å². The second kappa shape index (κ2) is 5.44. The van der Waals surface area contributed by atoms with E-state index in [1.165, 1.54) is 4.90 Å². The zero-order valence-electron chi connectivity index (χ0n) is 14.6. The van der Waals surface area contributed by atoms with E-state index in [4.69, 9.17) is 0 Å².